The van der Waals surface area contributed by atoms with E-state index in [1.807, 2.05) is 83.1 Å². The fourth-order valence-electron chi connectivity index (χ4n) is 5.12. The molecule has 3 fully saturated rings. The zero-order valence-electron chi connectivity index (χ0n) is 33.3. The second-order valence-electron chi connectivity index (χ2n) is 16.0. The van der Waals surface area contributed by atoms with E-state index in [-0.39, 0.29) is 41.0 Å². The Balaban J connectivity index is 0.000000280. The van der Waals surface area contributed by atoms with Gasteiger partial charge in [-0.05, 0) is 132 Å². The second kappa shape index (κ2) is 16.4. The molecule has 0 N–H and O–H groups in total. The van der Waals surface area contributed by atoms with Crippen LogP contribution in [0.3, 0.4) is 0 Å². The van der Waals surface area contributed by atoms with Gasteiger partial charge in [-0.3, -0.25) is 0 Å². The Hall–Kier alpha value is -2.33. The Bertz CT molecular complexity index is 1580. The molecule has 3 heterocycles. The lowest BCUT2D eigenvalue weighted by atomic mass is 9.49. The van der Waals surface area contributed by atoms with Crippen molar-refractivity contribution in [3.8, 4) is 0 Å². The SMILES string of the molecule is C.CC1(C)OB(B2OC(C)(C)C(C)(C)O2)OC1(C)C.COC(=O)c1ccc(B2OC(C)(C)C(C)(C)O2)c(C)c1F.COC(=O)c1ccc(Br)c(C)c1F. The molecule has 294 valence electrons. The number of esters is 2. The summed E-state index contributed by atoms with van der Waals surface area (Å²) in [6, 6.07) is 6.05. The molecule has 0 radical (unpaired) electrons. The van der Waals surface area contributed by atoms with Gasteiger partial charge in [0.15, 0.2) is 0 Å². The number of hydrogen-bond acceptors (Lipinski definition) is 10. The zero-order valence-corrected chi connectivity index (χ0v) is 34.8. The lowest BCUT2D eigenvalue weighted by molar-refractivity contribution is 0.00578. The van der Waals surface area contributed by atoms with Crippen molar-refractivity contribution >= 4 is 54.5 Å². The largest absolute Gasteiger partial charge is 0.495 e. The summed E-state index contributed by atoms with van der Waals surface area (Å²) in [6.07, 6.45) is 0. The van der Waals surface area contributed by atoms with Crippen LogP contribution >= 0.6 is 15.9 Å². The van der Waals surface area contributed by atoms with Crippen LogP contribution in [0.4, 0.5) is 8.78 Å². The first-order valence-electron chi connectivity index (χ1n) is 17.0. The van der Waals surface area contributed by atoms with Crippen LogP contribution in [0.15, 0.2) is 28.7 Å². The molecule has 0 spiro atoms. The molecule has 10 nitrogen and oxygen atoms in total. The van der Waals surface area contributed by atoms with E-state index < -0.39 is 55.9 Å². The van der Waals surface area contributed by atoms with E-state index in [0.29, 0.717) is 21.1 Å². The number of ether oxygens (including phenoxy) is 2. The molecule has 0 unspecified atom stereocenters. The summed E-state index contributed by atoms with van der Waals surface area (Å²) < 4.78 is 73.0. The first-order chi connectivity index (χ1) is 23.6. The third-order valence-electron chi connectivity index (χ3n) is 10.8. The standard InChI is InChI=1S/C15H20BFO4.C12H24B2O4.C9H8BrFO2.CH4/c1-9-11(8-7-10(12(9)17)13(18)19-6)16-20-14(2,3)15(4,5)21-16;1-9(2)10(3,4)16-13(15-9)14-17-11(5,6)12(7,8)18-14;1-5-7(10)4-3-6(8(5)11)9(12)13-2;/h7-8H,1-6H3;1-8H3;3-4H,1-2H3;1H4. The summed E-state index contributed by atoms with van der Waals surface area (Å²) in [5.41, 5.74) is -1.24. The predicted octanol–water partition coefficient (Wildman–Crippen LogP) is 7.79. The third kappa shape index (κ3) is 9.56. The fourth-order valence-corrected chi connectivity index (χ4v) is 5.43. The van der Waals surface area contributed by atoms with Gasteiger partial charge in [0.2, 0.25) is 0 Å². The number of hydrogen-bond donors (Lipinski definition) is 0. The minimum Gasteiger partial charge on any atom is -0.465 e. The molecule has 3 aliphatic heterocycles. The number of benzene rings is 2. The van der Waals surface area contributed by atoms with Crippen LogP contribution in [0, 0.1) is 25.5 Å². The Morgan fingerprint density at radius 2 is 0.868 bits per heavy atom. The molecule has 2 aromatic carbocycles. The molecule has 16 heteroatoms. The fraction of sp³-hybridized carbons (Fsp3) is 0.622. The van der Waals surface area contributed by atoms with Gasteiger partial charge in [-0.1, -0.05) is 29.4 Å². The highest BCUT2D eigenvalue weighted by Gasteiger charge is 2.63. The van der Waals surface area contributed by atoms with Gasteiger partial charge in [-0.25, -0.2) is 18.4 Å². The molecule has 53 heavy (non-hydrogen) atoms. The zero-order chi connectivity index (χ0) is 40.0. The van der Waals surface area contributed by atoms with Crippen LogP contribution in [-0.4, -0.2) is 80.9 Å². The summed E-state index contributed by atoms with van der Waals surface area (Å²) in [6.45, 7) is 27.1. The molecule has 3 saturated heterocycles. The molecule has 2 aromatic rings. The van der Waals surface area contributed by atoms with E-state index in [0.717, 1.165) is 0 Å². The molecule has 0 amide bonds. The van der Waals surface area contributed by atoms with Crippen molar-refractivity contribution in [3.05, 3.63) is 62.6 Å². The number of carbonyl (C=O) groups excluding carboxylic acids is 2. The minimum absolute atomic E-state index is 0. The van der Waals surface area contributed by atoms with Crippen molar-refractivity contribution < 1.29 is 55.8 Å². The average molecular weight is 811 g/mol. The predicted molar refractivity (Wildman–Crippen MR) is 207 cm³/mol. The van der Waals surface area contributed by atoms with Crippen LogP contribution in [0.2, 0.25) is 0 Å². The average Bonchev–Trinajstić information content (AvgIpc) is 3.50. The summed E-state index contributed by atoms with van der Waals surface area (Å²) >= 11 is 3.16. The van der Waals surface area contributed by atoms with Crippen LogP contribution in [-0.2, 0) is 37.4 Å². The van der Waals surface area contributed by atoms with Crippen LogP contribution in [0.5, 0.6) is 0 Å². The van der Waals surface area contributed by atoms with Crippen molar-refractivity contribution in [2.45, 2.75) is 138 Å². The number of methoxy groups -OCH3 is 2. The van der Waals surface area contributed by atoms with E-state index in [1.54, 1.807) is 26.0 Å². The first-order valence-corrected chi connectivity index (χ1v) is 17.8. The monoisotopic (exact) mass is 810 g/mol. The van der Waals surface area contributed by atoms with Gasteiger partial charge >= 0.3 is 33.1 Å². The van der Waals surface area contributed by atoms with Gasteiger partial charge in [0, 0.05) is 4.47 Å². The number of carbonyl (C=O) groups is 2. The first kappa shape index (κ1) is 46.8. The lowest BCUT2D eigenvalue weighted by Crippen LogP contribution is -2.41. The highest BCUT2D eigenvalue weighted by Crippen LogP contribution is 2.43. The molecule has 0 atom stereocenters. The summed E-state index contributed by atoms with van der Waals surface area (Å²) in [7, 11) is 0.835. The molecule has 0 aromatic heterocycles. The van der Waals surface area contributed by atoms with Gasteiger partial charge in [0.1, 0.15) is 11.6 Å². The molecule has 5 rings (SSSR count). The van der Waals surface area contributed by atoms with Gasteiger partial charge in [-0.15, -0.1) is 0 Å². The molecule has 0 saturated carbocycles. The highest BCUT2D eigenvalue weighted by molar-refractivity contribution is 9.10. The Morgan fingerprint density at radius 3 is 1.21 bits per heavy atom. The Kier molecular flexibility index (Phi) is 14.5. The smallest absolute Gasteiger partial charge is 0.465 e. The summed E-state index contributed by atoms with van der Waals surface area (Å²) in [5.74, 6) is -2.50. The third-order valence-corrected chi connectivity index (χ3v) is 11.7. The number of rotatable bonds is 4. The van der Waals surface area contributed by atoms with Crippen molar-refractivity contribution in [1.82, 2.24) is 0 Å². The summed E-state index contributed by atoms with van der Waals surface area (Å²) in [4.78, 5) is 22.5. The highest BCUT2D eigenvalue weighted by atomic mass is 79.9. The molecule has 0 aliphatic carbocycles. The second-order valence-corrected chi connectivity index (χ2v) is 16.9. The molecule has 3 aliphatic rings. The maximum atomic E-state index is 14.3. The summed E-state index contributed by atoms with van der Waals surface area (Å²) in [5, 5.41) is 0. The Morgan fingerprint density at radius 1 is 0.566 bits per heavy atom. The van der Waals surface area contributed by atoms with E-state index >= 15 is 0 Å². The maximum Gasteiger partial charge on any atom is 0.495 e. The molecular formula is C37H56B3BrF2O10. The van der Waals surface area contributed by atoms with Crippen molar-refractivity contribution in [1.29, 1.82) is 0 Å². The molecular weight excluding hydrogens is 755 g/mol. The Labute approximate surface area is 324 Å². The van der Waals surface area contributed by atoms with Crippen LogP contribution in [0.1, 0.15) is 122 Å². The lowest BCUT2D eigenvalue weighted by Gasteiger charge is -2.32. The van der Waals surface area contributed by atoms with Crippen molar-refractivity contribution in [3.63, 3.8) is 0 Å². The topological polar surface area (TPSA) is 108 Å². The van der Waals surface area contributed by atoms with E-state index in [1.165, 1.54) is 26.4 Å². The maximum absolute atomic E-state index is 14.3. The van der Waals surface area contributed by atoms with Gasteiger partial charge in [-0.2, -0.15) is 0 Å². The van der Waals surface area contributed by atoms with Crippen molar-refractivity contribution in [2.75, 3.05) is 14.2 Å². The normalized spacial score (nSPS) is 21.1. The van der Waals surface area contributed by atoms with E-state index in [2.05, 4.69) is 25.4 Å². The van der Waals surface area contributed by atoms with Gasteiger partial charge < -0.3 is 37.4 Å². The number of halogens is 3. The van der Waals surface area contributed by atoms with Crippen molar-refractivity contribution in [2.24, 2.45) is 0 Å². The van der Waals surface area contributed by atoms with Crippen LogP contribution < -0.4 is 5.46 Å². The minimum atomic E-state index is -0.698. The van der Waals surface area contributed by atoms with Crippen LogP contribution in [0.25, 0.3) is 0 Å². The van der Waals surface area contributed by atoms with Gasteiger partial charge in [0.25, 0.3) is 0 Å². The van der Waals surface area contributed by atoms with Gasteiger partial charge in [0.05, 0.1) is 59.0 Å². The molecule has 0 bridgehead atoms. The van der Waals surface area contributed by atoms with E-state index in [9.17, 15) is 18.4 Å². The quantitative estimate of drug-likeness (QED) is 0.225. The van der Waals surface area contributed by atoms with E-state index in [4.69, 9.17) is 27.9 Å².